The van der Waals surface area contributed by atoms with Crippen LogP contribution in [-0.2, 0) is 13.1 Å². The molecule has 2 aromatic rings. The molecule has 0 N–H and O–H groups in total. The summed E-state index contributed by atoms with van der Waals surface area (Å²) in [4.78, 5) is 0. The Hall–Kier alpha value is -1.38. The molecule has 4 heteroatoms. The van der Waals surface area contributed by atoms with E-state index in [1.165, 1.54) is 0 Å². The van der Waals surface area contributed by atoms with Gasteiger partial charge in [-0.1, -0.05) is 12.1 Å². The molecule has 0 aliphatic carbocycles. The average Bonchev–Trinajstić information content (AvgIpc) is 2.37. The van der Waals surface area contributed by atoms with Crippen molar-refractivity contribution < 1.29 is 33.9 Å². The van der Waals surface area contributed by atoms with Gasteiger partial charge in [-0.3, -0.25) is 0 Å². The van der Waals surface area contributed by atoms with Crippen LogP contribution in [0.3, 0.4) is 0 Å². The molecule has 0 aromatic carbocycles. The van der Waals surface area contributed by atoms with E-state index >= 15 is 0 Å². The highest BCUT2D eigenvalue weighted by Crippen LogP contribution is 1.81. The van der Waals surface area contributed by atoms with Gasteiger partial charge in [0, 0.05) is 24.3 Å². The monoisotopic (exact) mass is 282 g/mol. The summed E-state index contributed by atoms with van der Waals surface area (Å²) in [5, 5.41) is 0. The fourth-order valence-electron chi connectivity index (χ4n) is 1.50. The molecular formula is C14H16Cl2N2. The number of halogens is 2. The van der Waals surface area contributed by atoms with Crippen LogP contribution in [-0.4, -0.2) is 0 Å². The zero-order valence-electron chi connectivity index (χ0n) is 9.99. The molecule has 0 saturated carbocycles. The maximum atomic E-state index is 2.18. The summed E-state index contributed by atoms with van der Waals surface area (Å²) in [5.41, 5.74) is 0. The highest BCUT2D eigenvalue weighted by Gasteiger charge is 1.94. The molecule has 0 bridgehead atoms. The van der Waals surface area contributed by atoms with Crippen molar-refractivity contribution in [2.45, 2.75) is 13.1 Å². The van der Waals surface area contributed by atoms with Gasteiger partial charge >= 0.3 is 0 Å². The quantitative estimate of drug-likeness (QED) is 0.395. The molecule has 0 radical (unpaired) electrons. The van der Waals surface area contributed by atoms with Crippen LogP contribution in [0.4, 0.5) is 0 Å². The first-order chi connectivity index (χ1) is 7.95. The Balaban J connectivity index is 0.00000144. The highest BCUT2D eigenvalue weighted by molar-refractivity contribution is 4.85. The van der Waals surface area contributed by atoms with Gasteiger partial charge in [-0.05, 0) is 12.2 Å². The van der Waals surface area contributed by atoms with Crippen molar-refractivity contribution in [3.8, 4) is 0 Å². The molecule has 2 rings (SSSR count). The minimum Gasteiger partial charge on any atom is -1.00 e. The van der Waals surface area contributed by atoms with Gasteiger partial charge in [0.15, 0.2) is 37.9 Å². The van der Waals surface area contributed by atoms with E-state index in [0.717, 1.165) is 13.1 Å². The summed E-state index contributed by atoms with van der Waals surface area (Å²) in [6, 6.07) is 12.2. The molecule has 0 unspecified atom stereocenters. The summed E-state index contributed by atoms with van der Waals surface area (Å²) >= 11 is 0. The lowest BCUT2D eigenvalue weighted by atomic mass is 10.4. The second kappa shape index (κ2) is 9.63. The Labute approximate surface area is 120 Å². The molecule has 2 nitrogen and oxygen atoms in total. The minimum absolute atomic E-state index is 0. The second-order valence-electron chi connectivity index (χ2n) is 3.62. The number of hydrogen-bond donors (Lipinski definition) is 0. The van der Waals surface area contributed by atoms with Crippen LogP contribution in [0.1, 0.15) is 0 Å². The Morgan fingerprint density at radius 2 is 0.889 bits per heavy atom. The van der Waals surface area contributed by atoms with Crippen LogP contribution in [0.15, 0.2) is 73.3 Å². The Morgan fingerprint density at radius 1 is 0.556 bits per heavy atom. The Morgan fingerprint density at radius 3 is 1.22 bits per heavy atom. The molecule has 2 heterocycles. The van der Waals surface area contributed by atoms with Gasteiger partial charge < -0.3 is 24.8 Å². The number of aromatic nitrogens is 2. The van der Waals surface area contributed by atoms with Crippen molar-refractivity contribution in [1.29, 1.82) is 0 Å². The predicted octanol–water partition coefficient (Wildman–Crippen LogP) is -4.47. The number of allylic oxidation sites excluding steroid dienone is 2. The maximum absolute atomic E-state index is 2.18. The van der Waals surface area contributed by atoms with Crippen LogP contribution in [0, 0.1) is 0 Å². The molecule has 0 fully saturated rings. The van der Waals surface area contributed by atoms with E-state index in [9.17, 15) is 0 Å². The number of rotatable bonds is 4. The number of hydrogen-bond acceptors (Lipinski definition) is 0. The highest BCUT2D eigenvalue weighted by atomic mass is 35.5. The van der Waals surface area contributed by atoms with E-state index in [4.69, 9.17) is 0 Å². The summed E-state index contributed by atoms with van der Waals surface area (Å²) in [5.74, 6) is 0. The van der Waals surface area contributed by atoms with E-state index in [0.29, 0.717) is 0 Å². The van der Waals surface area contributed by atoms with Crippen LogP contribution >= 0.6 is 0 Å². The fourth-order valence-corrected chi connectivity index (χ4v) is 1.50. The zero-order chi connectivity index (χ0) is 11.1. The molecule has 0 aliphatic rings. The lowest BCUT2D eigenvalue weighted by molar-refractivity contribution is -0.691. The van der Waals surface area contributed by atoms with Crippen LogP contribution in [0.5, 0.6) is 0 Å². The van der Waals surface area contributed by atoms with E-state index in [1.54, 1.807) is 0 Å². The largest absolute Gasteiger partial charge is 1.00 e. The summed E-state index contributed by atoms with van der Waals surface area (Å²) in [6.45, 7) is 1.85. The van der Waals surface area contributed by atoms with Crippen LogP contribution < -0.4 is 33.9 Å². The van der Waals surface area contributed by atoms with Gasteiger partial charge in [-0.15, -0.1) is 0 Å². The normalized spacial score (nSPS) is 9.56. The smallest absolute Gasteiger partial charge is 0.169 e. The topological polar surface area (TPSA) is 7.76 Å². The molecular weight excluding hydrogens is 267 g/mol. The molecule has 0 amide bonds. The molecule has 2 aromatic heterocycles. The third-order valence-corrected chi connectivity index (χ3v) is 2.35. The lowest BCUT2D eigenvalue weighted by Crippen LogP contribution is -3.00. The molecule has 0 aliphatic heterocycles. The van der Waals surface area contributed by atoms with Crippen molar-refractivity contribution in [2.24, 2.45) is 0 Å². The first kappa shape index (κ1) is 16.6. The van der Waals surface area contributed by atoms with Crippen LogP contribution in [0.2, 0.25) is 0 Å². The predicted molar refractivity (Wildman–Crippen MR) is 62.4 cm³/mol. The standard InChI is InChI=1S/C14H16N2.2ClH/c1-3-9-15(10-4-1)13-7-8-14-16-11-5-2-6-12-16;;/h1-12H,13-14H2;2*1H/q+2;;/p-2/b8-7+;;. The van der Waals surface area contributed by atoms with Crippen LogP contribution in [0.25, 0.3) is 0 Å². The van der Waals surface area contributed by atoms with Gasteiger partial charge in [0.1, 0.15) is 0 Å². The van der Waals surface area contributed by atoms with Crippen molar-refractivity contribution in [2.75, 3.05) is 0 Å². The molecule has 0 atom stereocenters. The maximum Gasteiger partial charge on any atom is 0.169 e. The lowest BCUT2D eigenvalue weighted by Gasteiger charge is -1.90. The first-order valence-corrected chi connectivity index (χ1v) is 5.48. The summed E-state index contributed by atoms with van der Waals surface area (Å²) in [7, 11) is 0. The van der Waals surface area contributed by atoms with E-state index in [-0.39, 0.29) is 24.8 Å². The average molecular weight is 283 g/mol. The van der Waals surface area contributed by atoms with E-state index < -0.39 is 0 Å². The second-order valence-corrected chi connectivity index (χ2v) is 3.62. The SMILES string of the molecule is C(=C\C[n+]1ccccc1)/C[n+]1ccccc1.[Cl-].[Cl-]. The van der Waals surface area contributed by atoms with Crippen molar-refractivity contribution in [3.63, 3.8) is 0 Å². The van der Waals surface area contributed by atoms with E-state index in [1.807, 2.05) is 36.4 Å². The Kier molecular flexibility index (Phi) is 8.89. The van der Waals surface area contributed by atoms with Crippen molar-refractivity contribution in [3.05, 3.63) is 73.3 Å². The van der Waals surface area contributed by atoms with Crippen molar-refractivity contribution in [1.82, 2.24) is 0 Å². The van der Waals surface area contributed by atoms with E-state index in [2.05, 4.69) is 46.1 Å². The third-order valence-electron chi connectivity index (χ3n) is 2.35. The minimum atomic E-state index is 0. The zero-order valence-corrected chi connectivity index (χ0v) is 11.5. The number of nitrogens with zero attached hydrogens (tertiary/aromatic N) is 2. The van der Waals surface area contributed by atoms with Gasteiger partial charge in [0.05, 0.1) is 0 Å². The number of pyridine rings is 2. The van der Waals surface area contributed by atoms with Gasteiger partial charge in [-0.2, -0.15) is 0 Å². The molecule has 96 valence electrons. The third kappa shape index (κ3) is 5.80. The first-order valence-electron chi connectivity index (χ1n) is 5.48. The van der Waals surface area contributed by atoms with Gasteiger partial charge in [0.2, 0.25) is 0 Å². The van der Waals surface area contributed by atoms with Gasteiger partial charge in [-0.25, -0.2) is 9.13 Å². The molecule has 0 saturated heterocycles. The molecule has 0 spiro atoms. The van der Waals surface area contributed by atoms with Crippen molar-refractivity contribution >= 4 is 0 Å². The fraction of sp³-hybridized carbons (Fsp3) is 0.143. The summed E-state index contributed by atoms with van der Waals surface area (Å²) < 4.78 is 4.29. The van der Waals surface area contributed by atoms with Gasteiger partial charge in [0.25, 0.3) is 0 Å². The summed E-state index contributed by atoms with van der Waals surface area (Å²) in [6.07, 6.45) is 12.6. The molecule has 18 heavy (non-hydrogen) atoms. The Bertz CT molecular complexity index is 400.